The highest BCUT2D eigenvalue weighted by Gasteiger charge is 2.34. The first kappa shape index (κ1) is 17.7. The Morgan fingerprint density at radius 1 is 0.793 bits per heavy atom. The Bertz CT molecular complexity index is 1320. The summed E-state index contributed by atoms with van der Waals surface area (Å²) in [5, 5.41) is 11.5. The fourth-order valence-electron chi connectivity index (χ4n) is 3.39. The van der Waals surface area contributed by atoms with Crippen molar-refractivity contribution in [2.75, 3.05) is 5.32 Å². The summed E-state index contributed by atoms with van der Waals surface area (Å²) in [6.45, 7) is 0. The summed E-state index contributed by atoms with van der Waals surface area (Å²) in [5.41, 5.74) is 3.10. The molecule has 5 rings (SSSR count). The van der Waals surface area contributed by atoms with Gasteiger partial charge in [-0.15, -0.1) is 5.10 Å². The molecule has 0 fully saturated rings. The van der Waals surface area contributed by atoms with Gasteiger partial charge in [0.15, 0.2) is 0 Å². The standard InChI is InChI=1S/C22H13IN4O2/c23-13-9-11-14(12-10-13)24-19-20(27-18-8-4-3-7-17(18)25-26-27)22(29)16-6-2-1-5-15(16)21(19)28/h1-12,24H. The van der Waals surface area contributed by atoms with Crippen molar-refractivity contribution in [1.29, 1.82) is 0 Å². The van der Waals surface area contributed by atoms with Gasteiger partial charge in [0, 0.05) is 20.4 Å². The molecule has 1 heterocycles. The van der Waals surface area contributed by atoms with Crippen molar-refractivity contribution in [2.45, 2.75) is 0 Å². The van der Waals surface area contributed by atoms with E-state index < -0.39 is 0 Å². The molecule has 0 atom stereocenters. The van der Waals surface area contributed by atoms with Gasteiger partial charge >= 0.3 is 0 Å². The number of aromatic nitrogens is 3. The Morgan fingerprint density at radius 2 is 1.45 bits per heavy atom. The van der Waals surface area contributed by atoms with Crippen molar-refractivity contribution in [1.82, 2.24) is 15.0 Å². The molecule has 4 aromatic rings. The van der Waals surface area contributed by atoms with Gasteiger partial charge in [0.2, 0.25) is 11.6 Å². The summed E-state index contributed by atoms with van der Waals surface area (Å²) < 4.78 is 2.52. The van der Waals surface area contributed by atoms with E-state index in [-0.39, 0.29) is 23.0 Å². The van der Waals surface area contributed by atoms with Crippen LogP contribution in [-0.2, 0) is 0 Å². The first-order valence-electron chi connectivity index (χ1n) is 8.89. The molecule has 0 unspecified atom stereocenters. The molecule has 1 aliphatic carbocycles. The van der Waals surface area contributed by atoms with Crippen LogP contribution >= 0.6 is 22.6 Å². The lowest BCUT2D eigenvalue weighted by Gasteiger charge is -2.22. The number of nitrogens with one attached hydrogen (secondary N) is 1. The maximum Gasteiger partial charge on any atom is 0.214 e. The van der Waals surface area contributed by atoms with Crippen molar-refractivity contribution in [3.63, 3.8) is 0 Å². The third-order valence-electron chi connectivity index (χ3n) is 4.77. The van der Waals surface area contributed by atoms with E-state index in [0.717, 1.165) is 3.57 Å². The van der Waals surface area contributed by atoms with E-state index in [1.165, 1.54) is 4.68 Å². The van der Waals surface area contributed by atoms with E-state index >= 15 is 0 Å². The maximum absolute atomic E-state index is 13.4. The predicted octanol–water partition coefficient (Wildman–Crippen LogP) is 4.40. The second kappa shape index (κ2) is 6.93. The van der Waals surface area contributed by atoms with Crippen LogP contribution in [0.1, 0.15) is 20.7 Å². The number of benzene rings is 3. The molecule has 0 bridgehead atoms. The third-order valence-corrected chi connectivity index (χ3v) is 5.49. The number of para-hydroxylation sites is 1. The Kier molecular flexibility index (Phi) is 4.24. The lowest BCUT2D eigenvalue weighted by Crippen LogP contribution is -2.28. The van der Waals surface area contributed by atoms with Gasteiger partial charge in [-0.25, -0.2) is 4.68 Å². The van der Waals surface area contributed by atoms with Gasteiger partial charge < -0.3 is 5.32 Å². The number of rotatable bonds is 3. The van der Waals surface area contributed by atoms with Crippen LogP contribution in [0, 0.1) is 3.57 Å². The van der Waals surface area contributed by atoms with Crippen LogP contribution in [-0.4, -0.2) is 26.6 Å². The summed E-state index contributed by atoms with van der Waals surface area (Å²) in [6, 6.07) is 21.8. The van der Waals surface area contributed by atoms with Crippen LogP contribution in [0.25, 0.3) is 16.7 Å². The molecule has 29 heavy (non-hydrogen) atoms. The van der Waals surface area contributed by atoms with Gasteiger partial charge in [-0.3, -0.25) is 9.59 Å². The number of ketones is 2. The summed E-state index contributed by atoms with van der Waals surface area (Å²) >= 11 is 2.21. The number of hydrogen-bond donors (Lipinski definition) is 1. The van der Waals surface area contributed by atoms with Crippen LogP contribution < -0.4 is 5.32 Å². The van der Waals surface area contributed by atoms with E-state index in [9.17, 15) is 9.59 Å². The largest absolute Gasteiger partial charge is 0.350 e. The molecule has 1 aromatic heterocycles. The van der Waals surface area contributed by atoms with Crippen molar-refractivity contribution < 1.29 is 9.59 Å². The first-order chi connectivity index (χ1) is 14.1. The van der Waals surface area contributed by atoms with Gasteiger partial charge in [0.25, 0.3) is 0 Å². The Balaban J connectivity index is 1.75. The topological polar surface area (TPSA) is 76.9 Å². The van der Waals surface area contributed by atoms with Gasteiger partial charge in [0.05, 0.1) is 5.52 Å². The Labute approximate surface area is 179 Å². The number of Topliss-reactive ketones (excluding diaryl/α,β-unsaturated/α-hetero) is 2. The minimum absolute atomic E-state index is 0.168. The molecule has 3 aromatic carbocycles. The smallest absolute Gasteiger partial charge is 0.214 e. The maximum atomic E-state index is 13.4. The third kappa shape index (κ3) is 2.94. The van der Waals surface area contributed by atoms with E-state index in [1.807, 2.05) is 48.5 Å². The van der Waals surface area contributed by atoms with Gasteiger partial charge in [-0.05, 0) is 59.0 Å². The number of carbonyl (C=O) groups excluding carboxylic acids is 2. The average Bonchev–Trinajstić information content (AvgIpc) is 3.17. The minimum Gasteiger partial charge on any atom is -0.350 e. The summed E-state index contributed by atoms with van der Waals surface area (Å²) in [6.07, 6.45) is 0. The zero-order valence-corrected chi connectivity index (χ0v) is 17.1. The quantitative estimate of drug-likeness (QED) is 0.430. The van der Waals surface area contributed by atoms with Crippen LogP contribution in [0.2, 0.25) is 0 Å². The van der Waals surface area contributed by atoms with Crippen molar-refractivity contribution in [2.24, 2.45) is 0 Å². The number of nitrogens with zero attached hydrogens (tertiary/aromatic N) is 3. The van der Waals surface area contributed by atoms with Crippen molar-refractivity contribution >= 4 is 56.6 Å². The summed E-state index contributed by atoms with van der Waals surface area (Å²) in [7, 11) is 0. The Morgan fingerprint density at radius 3 is 2.21 bits per heavy atom. The SMILES string of the molecule is O=C1C(Nc2ccc(I)cc2)=C(n2nnc3ccccc32)C(=O)c2ccccc21. The zero-order chi connectivity index (χ0) is 20.0. The minimum atomic E-state index is -0.274. The normalized spacial score (nSPS) is 13.7. The van der Waals surface area contributed by atoms with Gasteiger partial charge in [-0.1, -0.05) is 41.6 Å². The zero-order valence-electron chi connectivity index (χ0n) is 15.0. The van der Waals surface area contributed by atoms with E-state index in [0.29, 0.717) is 27.8 Å². The molecule has 7 heteroatoms. The molecule has 1 N–H and O–H groups in total. The number of carbonyl (C=O) groups is 2. The molecule has 6 nitrogen and oxygen atoms in total. The lowest BCUT2D eigenvalue weighted by molar-refractivity contribution is 0.0988. The molecule has 0 amide bonds. The molecular formula is C22H13IN4O2. The molecule has 0 spiro atoms. The van der Waals surface area contributed by atoms with E-state index in [2.05, 4.69) is 38.2 Å². The summed E-state index contributed by atoms with van der Waals surface area (Å²) in [5.74, 6) is -0.530. The Hall–Kier alpha value is -3.33. The molecule has 140 valence electrons. The van der Waals surface area contributed by atoms with Gasteiger partial charge in [-0.2, -0.15) is 0 Å². The summed E-state index contributed by atoms with van der Waals surface area (Å²) in [4.78, 5) is 26.8. The number of halogens is 1. The highest BCUT2D eigenvalue weighted by molar-refractivity contribution is 14.1. The number of anilines is 1. The van der Waals surface area contributed by atoms with Crippen molar-refractivity contribution in [3.8, 4) is 0 Å². The second-order valence-corrected chi connectivity index (χ2v) is 7.79. The van der Waals surface area contributed by atoms with Crippen molar-refractivity contribution in [3.05, 3.63) is 93.2 Å². The second-order valence-electron chi connectivity index (χ2n) is 6.55. The van der Waals surface area contributed by atoms with E-state index in [4.69, 9.17) is 0 Å². The van der Waals surface area contributed by atoms with Crippen LogP contribution in [0.4, 0.5) is 5.69 Å². The van der Waals surface area contributed by atoms with Crippen LogP contribution in [0.5, 0.6) is 0 Å². The number of fused-ring (bicyclic) bond motifs is 2. The highest BCUT2D eigenvalue weighted by atomic mass is 127. The van der Waals surface area contributed by atoms with Crippen LogP contribution in [0.15, 0.2) is 78.5 Å². The molecule has 0 radical (unpaired) electrons. The monoisotopic (exact) mass is 492 g/mol. The molecule has 0 saturated carbocycles. The predicted molar refractivity (Wildman–Crippen MR) is 119 cm³/mol. The van der Waals surface area contributed by atoms with Crippen LogP contribution in [0.3, 0.4) is 0 Å². The first-order valence-corrected chi connectivity index (χ1v) is 9.97. The number of allylic oxidation sites excluding steroid dienone is 2. The molecule has 1 aliphatic rings. The molecular weight excluding hydrogens is 479 g/mol. The fraction of sp³-hybridized carbons (Fsp3) is 0. The molecule has 0 saturated heterocycles. The van der Waals surface area contributed by atoms with E-state index in [1.54, 1.807) is 24.3 Å². The average molecular weight is 492 g/mol. The molecule has 0 aliphatic heterocycles. The lowest BCUT2D eigenvalue weighted by atomic mass is 9.90. The van der Waals surface area contributed by atoms with Gasteiger partial charge in [0.1, 0.15) is 16.9 Å². The fourth-order valence-corrected chi connectivity index (χ4v) is 3.75. The highest BCUT2D eigenvalue weighted by Crippen LogP contribution is 2.31. The number of hydrogen-bond acceptors (Lipinski definition) is 5.